The molecule has 0 aliphatic carbocycles. The zero-order valence-electron chi connectivity index (χ0n) is 11.8. The molecule has 0 saturated carbocycles. The van der Waals surface area contributed by atoms with E-state index in [1.807, 2.05) is 6.92 Å². The van der Waals surface area contributed by atoms with Crippen molar-refractivity contribution in [2.75, 3.05) is 39.9 Å². The number of methoxy groups -OCH3 is 1. The number of aryl methyl sites for hydroxylation is 1. The molecule has 0 spiro atoms. The molecule has 1 saturated heterocycles. The van der Waals surface area contributed by atoms with Crippen molar-refractivity contribution >= 4 is 43.2 Å². The minimum absolute atomic E-state index is 0.0316. The first-order valence-electron chi connectivity index (χ1n) is 6.39. The monoisotopic (exact) mass is 396 g/mol. The van der Waals surface area contributed by atoms with Gasteiger partial charge in [0.05, 0.1) is 3.79 Å². The summed E-state index contributed by atoms with van der Waals surface area (Å²) in [5.74, 6) is -0.107. The van der Waals surface area contributed by atoms with E-state index in [1.165, 1.54) is 22.8 Å². The van der Waals surface area contributed by atoms with E-state index in [9.17, 15) is 13.2 Å². The molecular formula is C12H17BrN2O4S2. The Kier molecular flexibility index (Phi) is 5.42. The highest BCUT2D eigenvalue weighted by Crippen LogP contribution is 2.32. The zero-order chi connectivity index (χ0) is 15.6. The van der Waals surface area contributed by atoms with Crippen molar-refractivity contribution in [3.05, 3.63) is 15.4 Å². The van der Waals surface area contributed by atoms with E-state index in [4.69, 9.17) is 4.74 Å². The van der Waals surface area contributed by atoms with Crippen LogP contribution in [0.15, 0.2) is 14.1 Å². The molecule has 0 N–H and O–H groups in total. The summed E-state index contributed by atoms with van der Waals surface area (Å²) in [5.41, 5.74) is 0.910. The fraction of sp³-hybridized carbons (Fsp3) is 0.583. The number of amides is 1. The van der Waals surface area contributed by atoms with Gasteiger partial charge >= 0.3 is 0 Å². The number of hydrogen-bond donors (Lipinski definition) is 0. The highest BCUT2D eigenvalue weighted by Gasteiger charge is 2.31. The average molecular weight is 397 g/mol. The molecule has 0 bridgehead atoms. The molecule has 2 rings (SSSR count). The van der Waals surface area contributed by atoms with Crippen LogP contribution < -0.4 is 0 Å². The molecule has 1 aromatic rings. The van der Waals surface area contributed by atoms with Crippen LogP contribution in [-0.4, -0.2) is 63.4 Å². The van der Waals surface area contributed by atoms with Gasteiger partial charge in [-0.15, -0.1) is 11.3 Å². The summed E-state index contributed by atoms with van der Waals surface area (Å²) >= 11 is 4.56. The molecule has 118 valence electrons. The number of hydrogen-bond acceptors (Lipinski definition) is 5. The van der Waals surface area contributed by atoms with E-state index in [2.05, 4.69) is 15.9 Å². The number of carbonyl (C=O) groups is 1. The Morgan fingerprint density at radius 2 is 2.00 bits per heavy atom. The van der Waals surface area contributed by atoms with Gasteiger partial charge in [-0.1, -0.05) is 0 Å². The van der Waals surface area contributed by atoms with Gasteiger partial charge in [0.25, 0.3) is 10.0 Å². The summed E-state index contributed by atoms with van der Waals surface area (Å²) in [7, 11) is -2.00. The number of nitrogens with zero attached hydrogens (tertiary/aromatic N) is 2. The third kappa shape index (κ3) is 3.65. The number of carbonyl (C=O) groups excluding carboxylic acids is 1. The topological polar surface area (TPSA) is 66.9 Å². The fourth-order valence-corrected chi connectivity index (χ4v) is 5.88. The minimum atomic E-state index is -3.47. The lowest BCUT2D eigenvalue weighted by atomic mass is 10.3. The normalized spacial score (nSPS) is 17.2. The maximum absolute atomic E-state index is 12.5. The molecule has 6 nitrogen and oxygen atoms in total. The van der Waals surface area contributed by atoms with E-state index in [-0.39, 0.29) is 12.5 Å². The van der Waals surface area contributed by atoms with Crippen LogP contribution in [0.5, 0.6) is 0 Å². The minimum Gasteiger partial charge on any atom is -0.375 e. The molecule has 0 atom stereocenters. The maximum Gasteiger partial charge on any atom is 0.252 e. The maximum atomic E-state index is 12.5. The number of rotatable bonds is 4. The van der Waals surface area contributed by atoms with E-state index in [0.29, 0.717) is 30.4 Å². The predicted octanol–water partition coefficient (Wildman–Crippen LogP) is 1.30. The van der Waals surface area contributed by atoms with Gasteiger partial charge in [0.2, 0.25) is 5.91 Å². The zero-order valence-corrected chi connectivity index (χ0v) is 15.1. The quantitative estimate of drug-likeness (QED) is 0.768. The van der Waals surface area contributed by atoms with E-state index >= 15 is 0 Å². The molecule has 1 aromatic heterocycles. The van der Waals surface area contributed by atoms with Crippen LogP contribution in [0.2, 0.25) is 0 Å². The largest absolute Gasteiger partial charge is 0.375 e. The van der Waals surface area contributed by atoms with Gasteiger partial charge in [-0.25, -0.2) is 8.42 Å². The summed E-state index contributed by atoms with van der Waals surface area (Å²) in [4.78, 5) is 13.3. The van der Waals surface area contributed by atoms with E-state index in [0.717, 1.165) is 9.35 Å². The third-order valence-electron chi connectivity index (χ3n) is 3.29. The van der Waals surface area contributed by atoms with Crippen LogP contribution in [0, 0.1) is 6.92 Å². The van der Waals surface area contributed by atoms with Crippen molar-refractivity contribution < 1.29 is 17.9 Å². The summed E-state index contributed by atoms with van der Waals surface area (Å²) in [6.45, 7) is 3.31. The molecule has 1 aliphatic heterocycles. The molecule has 0 aromatic carbocycles. The molecular weight excluding hydrogens is 380 g/mol. The van der Waals surface area contributed by atoms with Crippen LogP contribution in [-0.2, 0) is 19.6 Å². The predicted molar refractivity (Wildman–Crippen MR) is 84.0 cm³/mol. The van der Waals surface area contributed by atoms with Crippen LogP contribution in [0.3, 0.4) is 0 Å². The molecule has 1 fully saturated rings. The van der Waals surface area contributed by atoms with Crippen molar-refractivity contribution in [2.24, 2.45) is 0 Å². The van der Waals surface area contributed by atoms with Gasteiger partial charge < -0.3 is 9.64 Å². The average Bonchev–Trinajstić information content (AvgIpc) is 2.80. The SMILES string of the molecule is COCC(=O)N1CCN(S(=O)(=O)c2cc(C)c(Br)s2)CC1. The fourth-order valence-electron chi connectivity index (χ4n) is 2.08. The number of halogens is 1. The Labute approximate surface area is 136 Å². The van der Waals surface area contributed by atoms with Crippen molar-refractivity contribution in [2.45, 2.75) is 11.1 Å². The number of ether oxygens (including phenoxy) is 1. The Morgan fingerprint density at radius 3 is 2.48 bits per heavy atom. The van der Waals surface area contributed by atoms with E-state index in [1.54, 1.807) is 11.0 Å². The molecule has 1 aliphatic rings. The van der Waals surface area contributed by atoms with Crippen molar-refractivity contribution in [3.63, 3.8) is 0 Å². The second kappa shape index (κ2) is 6.74. The Hall–Kier alpha value is -0.480. The Balaban J connectivity index is 2.06. The van der Waals surface area contributed by atoms with Gasteiger partial charge in [0.15, 0.2) is 0 Å². The van der Waals surface area contributed by atoms with Crippen LogP contribution in [0.1, 0.15) is 5.56 Å². The van der Waals surface area contributed by atoms with E-state index < -0.39 is 10.0 Å². The molecule has 1 amide bonds. The molecule has 0 unspecified atom stereocenters. The second-order valence-corrected chi connectivity index (χ2v) is 9.27. The Morgan fingerprint density at radius 1 is 1.38 bits per heavy atom. The first-order valence-corrected chi connectivity index (χ1v) is 9.44. The number of thiophene rings is 1. The highest BCUT2D eigenvalue weighted by molar-refractivity contribution is 9.11. The van der Waals surface area contributed by atoms with Crippen molar-refractivity contribution in [1.82, 2.24) is 9.21 Å². The number of piperazine rings is 1. The van der Waals surface area contributed by atoms with Crippen molar-refractivity contribution in [1.29, 1.82) is 0 Å². The standard InChI is InChI=1S/C12H17BrN2O4S2/c1-9-7-11(20-12(9)13)21(17,18)15-5-3-14(4-6-15)10(16)8-19-2/h7H,3-6,8H2,1-2H3. The first kappa shape index (κ1) is 16.9. The second-order valence-electron chi connectivity index (χ2n) is 4.74. The molecule has 9 heteroatoms. The lowest BCUT2D eigenvalue weighted by molar-refractivity contribution is -0.136. The highest BCUT2D eigenvalue weighted by atomic mass is 79.9. The van der Waals surface area contributed by atoms with Gasteiger partial charge in [-0.3, -0.25) is 4.79 Å². The summed E-state index contributed by atoms with van der Waals surface area (Å²) < 4.78 is 32.5. The smallest absolute Gasteiger partial charge is 0.252 e. The summed E-state index contributed by atoms with van der Waals surface area (Å²) in [6.07, 6.45) is 0. The summed E-state index contributed by atoms with van der Waals surface area (Å²) in [6, 6.07) is 1.67. The lowest BCUT2D eigenvalue weighted by Gasteiger charge is -2.33. The van der Waals surface area contributed by atoms with Crippen LogP contribution >= 0.6 is 27.3 Å². The molecule has 0 radical (unpaired) electrons. The summed E-state index contributed by atoms with van der Waals surface area (Å²) in [5, 5.41) is 0. The van der Waals surface area contributed by atoms with Crippen molar-refractivity contribution in [3.8, 4) is 0 Å². The third-order valence-corrected chi connectivity index (χ3v) is 7.77. The van der Waals surface area contributed by atoms with Crippen LogP contribution in [0.4, 0.5) is 0 Å². The Bertz CT molecular complexity index is 602. The van der Waals surface area contributed by atoms with Gasteiger partial charge in [0.1, 0.15) is 10.8 Å². The van der Waals surface area contributed by atoms with Gasteiger partial charge in [0, 0.05) is 33.3 Å². The first-order chi connectivity index (χ1) is 9.86. The van der Waals surface area contributed by atoms with Crippen LogP contribution in [0.25, 0.3) is 0 Å². The lowest BCUT2D eigenvalue weighted by Crippen LogP contribution is -2.51. The number of sulfonamides is 1. The molecule has 2 heterocycles. The van der Waals surface area contributed by atoms with Gasteiger partial charge in [-0.05, 0) is 34.5 Å². The van der Waals surface area contributed by atoms with Gasteiger partial charge in [-0.2, -0.15) is 4.31 Å². The molecule has 21 heavy (non-hydrogen) atoms.